The summed E-state index contributed by atoms with van der Waals surface area (Å²) in [5, 5.41) is 3.09. The van der Waals surface area contributed by atoms with E-state index in [4.69, 9.17) is 5.73 Å². The van der Waals surface area contributed by atoms with Crippen molar-refractivity contribution in [3.63, 3.8) is 0 Å². The summed E-state index contributed by atoms with van der Waals surface area (Å²) in [7, 11) is 1.93. The van der Waals surface area contributed by atoms with E-state index in [0.717, 1.165) is 31.6 Å². The van der Waals surface area contributed by atoms with Gasteiger partial charge in [-0.2, -0.15) is 0 Å². The monoisotopic (exact) mass is 206 g/mol. The maximum absolute atomic E-state index is 5.94. The lowest BCUT2D eigenvalue weighted by Crippen LogP contribution is -2.17. The predicted octanol–water partition coefficient (Wildman–Crippen LogP) is 0.699. The van der Waals surface area contributed by atoms with Gasteiger partial charge in [0.2, 0.25) is 0 Å². The minimum atomic E-state index is 0.700. The highest BCUT2D eigenvalue weighted by molar-refractivity contribution is 5.43. The SMILES string of the molecule is CNCCc1nc(N)c2c(n1)CCCC2. The molecule has 4 heteroatoms. The van der Waals surface area contributed by atoms with Gasteiger partial charge in [-0.05, 0) is 32.7 Å². The van der Waals surface area contributed by atoms with Crippen molar-refractivity contribution in [3.8, 4) is 0 Å². The maximum atomic E-state index is 5.94. The molecular weight excluding hydrogens is 188 g/mol. The molecule has 4 nitrogen and oxygen atoms in total. The number of anilines is 1. The second-order valence-electron chi connectivity index (χ2n) is 4.01. The molecule has 1 heterocycles. The van der Waals surface area contributed by atoms with Gasteiger partial charge < -0.3 is 11.1 Å². The van der Waals surface area contributed by atoms with Gasteiger partial charge in [0, 0.05) is 24.2 Å². The van der Waals surface area contributed by atoms with Crippen LogP contribution in [0.3, 0.4) is 0 Å². The van der Waals surface area contributed by atoms with Crippen LogP contribution >= 0.6 is 0 Å². The highest BCUT2D eigenvalue weighted by Gasteiger charge is 2.15. The number of aromatic nitrogens is 2. The van der Waals surface area contributed by atoms with E-state index in [-0.39, 0.29) is 0 Å². The number of nitrogens with one attached hydrogen (secondary N) is 1. The molecule has 0 saturated carbocycles. The smallest absolute Gasteiger partial charge is 0.132 e. The zero-order valence-electron chi connectivity index (χ0n) is 9.21. The molecular formula is C11H18N4. The van der Waals surface area contributed by atoms with Crippen LogP contribution in [-0.2, 0) is 19.3 Å². The molecule has 1 aromatic rings. The van der Waals surface area contributed by atoms with E-state index in [1.54, 1.807) is 0 Å². The van der Waals surface area contributed by atoms with Gasteiger partial charge in [0.25, 0.3) is 0 Å². The summed E-state index contributed by atoms with van der Waals surface area (Å²) >= 11 is 0. The first kappa shape index (κ1) is 10.4. The molecule has 0 radical (unpaired) electrons. The van der Waals surface area contributed by atoms with Gasteiger partial charge in [0.05, 0.1) is 0 Å². The van der Waals surface area contributed by atoms with Crippen molar-refractivity contribution in [2.75, 3.05) is 19.3 Å². The van der Waals surface area contributed by atoms with Gasteiger partial charge >= 0.3 is 0 Å². The molecule has 0 bridgehead atoms. The zero-order valence-corrected chi connectivity index (χ0v) is 9.21. The lowest BCUT2D eigenvalue weighted by molar-refractivity contribution is 0.651. The summed E-state index contributed by atoms with van der Waals surface area (Å²) in [6, 6.07) is 0. The van der Waals surface area contributed by atoms with Crippen molar-refractivity contribution in [1.29, 1.82) is 0 Å². The van der Waals surface area contributed by atoms with Crippen LogP contribution < -0.4 is 11.1 Å². The fourth-order valence-corrected chi connectivity index (χ4v) is 2.02. The number of aryl methyl sites for hydroxylation is 1. The molecule has 1 aliphatic carbocycles. The van der Waals surface area contributed by atoms with Crippen LogP contribution in [0.25, 0.3) is 0 Å². The molecule has 82 valence electrons. The third-order valence-corrected chi connectivity index (χ3v) is 2.86. The molecule has 0 aliphatic heterocycles. The second-order valence-corrected chi connectivity index (χ2v) is 4.01. The summed E-state index contributed by atoms with van der Waals surface area (Å²) in [5.41, 5.74) is 8.31. The molecule has 3 N–H and O–H groups in total. The van der Waals surface area contributed by atoms with Crippen molar-refractivity contribution in [2.24, 2.45) is 0 Å². The van der Waals surface area contributed by atoms with Crippen molar-refractivity contribution in [1.82, 2.24) is 15.3 Å². The lowest BCUT2D eigenvalue weighted by Gasteiger charge is -2.17. The highest BCUT2D eigenvalue weighted by Crippen LogP contribution is 2.23. The van der Waals surface area contributed by atoms with E-state index in [9.17, 15) is 0 Å². The molecule has 0 atom stereocenters. The molecule has 0 spiro atoms. The standard InChI is InChI=1S/C11H18N4/c1-13-7-6-10-14-9-5-3-2-4-8(9)11(12)15-10/h13H,2-7H2,1H3,(H2,12,14,15). The van der Waals surface area contributed by atoms with Crippen molar-refractivity contribution in [3.05, 3.63) is 17.1 Å². The highest BCUT2D eigenvalue weighted by atomic mass is 15.0. The first-order chi connectivity index (χ1) is 7.31. The summed E-state index contributed by atoms with van der Waals surface area (Å²) < 4.78 is 0. The minimum Gasteiger partial charge on any atom is -0.383 e. The number of likely N-dealkylation sites (N-methyl/N-ethyl adjacent to an activating group) is 1. The Balaban J connectivity index is 2.24. The first-order valence-corrected chi connectivity index (χ1v) is 5.60. The molecule has 0 unspecified atom stereocenters. The Bertz CT molecular complexity index is 349. The van der Waals surface area contributed by atoms with Gasteiger partial charge in [-0.3, -0.25) is 0 Å². The molecule has 1 aromatic heterocycles. The predicted molar refractivity (Wildman–Crippen MR) is 60.7 cm³/mol. The molecule has 0 aromatic carbocycles. The summed E-state index contributed by atoms with van der Waals surface area (Å²) in [6.07, 6.45) is 5.42. The summed E-state index contributed by atoms with van der Waals surface area (Å²) in [4.78, 5) is 8.93. The average molecular weight is 206 g/mol. The van der Waals surface area contributed by atoms with Crippen molar-refractivity contribution in [2.45, 2.75) is 32.1 Å². The van der Waals surface area contributed by atoms with E-state index in [2.05, 4.69) is 15.3 Å². The van der Waals surface area contributed by atoms with E-state index in [1.807, 2.05) is 7.05 Å². The zero-order chi connectivity index (χ0) is 10.7. The fraction of sp³-hybridized carbons (Fsp3) is 0.636. The quantitative estimate of drug-likeness (QED) is 0.764. The number of hydrogen-bond acceptors (Lipinski definition) is 4. The third kappa shape index (κ3) is 2.26. The van der Waals surface area contributed by atoms with Crippen molar-refractivity contribution < 1.29 is 0 Å². The minimum absolute atomic E-state index is 0.700. The summed E-state index contributed by atoms with van der Waals surface area (Å²) in [5.74, 6) is 1.58. The Morgan fingerprint density at radius 2 is 2.07 bits per heavy atom. The number of fused-ring (bicyclic) bond motifs is 1. The van der Waals surface area contributed by atoms with E-state index in [1.165, 1.54) is 24.1 Å². The van der Waals surface area contributed by atoms with Gasteiger partial charge in [-0.1, -0.05) is 0 Å². The van der Waals surface area contributed by atoms with Crippen LogP contribution in [0.15, 0.2) is 0 Å². The lowest BCUT2D eigenvalue weighted by atomic mass is 9.96. The fourth-order valence-electron chi connectivity index (χ4n) is 2.02. The topological polar surface area (TPSA) is 63.8 Å². The largest absolute Gasteiger partial charge is 0.383 e. The van der Waals surface area contributed by atoms with E-state index < -0.39 is 0 Å². The molecule has 2 rings (SSSR count). The Morgan fingerprint density at radius 1 is 1.27 bits per heavy atom. The first-order valence-electron chi connectivity index (χ1n) is 5.60. The molecule has 0 fully saturated rings. The molecule has 1 aliphatic rings. The Labute approximate surface area is 90.3 Å². The normalized spacial score (nSPS) is 15.0. The van der Waals surface area contributed by atoms with Crippen LogP contribution in [0.1, 0.15) is 29.9 Å². The Hall–Kier alpha value is -1.16. The average Bonchev–Trinajstić information content (AvgIpc) is 2.26. The molecule has 15 heavy (non-hydrogen) atoms. The van der Waals surface area contributed by atoms with Gasteiger partial charge in [-0.15, -0.1) is 0 Å². The summed E-state index contributed by atoms with van der Waals surface area (Å²) in [6.45, 7) is 0.901. The molecule has 0 saturated heterocycles. The van der Waals surface area contributed by atoms with Crippen LogP contribution in [-0.4, -0.2) is 23.6 Å². The van der Waals surface area contributed by atoms with E-state index in [0.29, 0.717) is 5.82 Å². The van der Waals surface area contributed by atoms with Gasteiger partial charge in [-0.25, -0.2) is 9.97 Å². The van der Waals surface area contributed by atoms with Crippen LogP contribution in [0.2, 0.25) is 0 Å². The Kier molecular flexibility index (Phi) is 3.16. The van der Waals surface area contributed by atoms with Crippen LogP contribution in [0, 0.1) is 0 Å². The van der Waals surface area contributed by atoms with Crippen LogP contribution in [0.5, 0.6) is 0 Å². The van der Waals surface area contributed by atoms with Gasteiger partial charge in [0.1, 0.15) is 11.6 Å². The second kappa shape index (κ2) is 4.57. The van der Waals surface area contributed by atoms with Crippen LogP contribution in [0.4, 0.5) is 5.82 Å². The number of rotatable bonds is 3. The number of nitrogen functional groups attached to an aromatic ring is 1. The molecule has 0 amide bonds. The maximum Gasteiger partial charge on any atom is 0.132 e. The van der Waals surface area contributed by atoms with E-state index >= 15 is 0 Å². The third-order valence-electron chi connectivity index (χ3n) is 2.86. The number of nitrogens with zero attached hydrogens (tertiary/aromatic N) is 2. The Morgan fingerprint density at radius 3 is 2.87 bits per heavy atom. The number of nitrogens with two attached hydrogens (primary N) is 1. The van der Waals surface area contributed by atoms with Gasteiger partial charge in [0.15, 0.2) is 0 Å². The van der Waals surface area contributed by atoms with Crippen molar-refractivity contribution >= 4 is 5.82 Å². The number of hydrogen-bond donors (Lipinski definition) is 2.